The third-order valence-corrected chi connectivity index (χ3v) is 7.63. The van der Waals surface area contributed by atoms with E-state index in [0.29, 0.717) is 22.9 Å². The summed E-state index contributed by atoms with van der Waals surface area (Å²) in [6.45, 7) is 8.88. The summed E-state index contributed by atoms with van der Waals surface area (Å²) in [6.07, 6.45) is 7.57. The molecule has 7 nitrogen and oxygen atoms in total. The second-order valence-corrected chi connectivity index (χ2v) is 10.7. The molecule has 0 atom stereocenters. The lowest BCUT2D eigenvalue weighted by molar-refractivity contribution is 0.0503. The van der Waals surface area contributed by atoms with Gasteiger partial charge in [-0.25, -0.2) is 9.97 Å². The summed E-state index contributed by atoms with van der Waals surface area (Å²) in [5.41, 5.74) is 8.07. The van der Waals surface area contributed by atoms with Crippen molar-refractivity contribution >= 4 is 50.9 Å². The summed E-state index contributed by atoms with van der Waals surface area (Å²) in [5.74, 6) is 1.26. The molecule has 3 fully saturated rings. The van der Waals surface area contributed by atoms with Gasteiger partial charge in [-0.3, -0.25) is 9.89 Å². The lowest BCUT2D eigenvalue weighted by Crippen LogP contribution is -2.54. The van der Waals surface area contributed by atoms with Crippen LogP contribution < -0.4 is 16.0 Å². The van der Waals surface area contributed by atoms with Crippen LogP contribution in [-0.2, 0) is 0 Å². The summed E-state index contributed by atoms with van der Waals surface area (Å²) < 4.78 is 0. The van der Waals surface area contributed by atoms with Gasteiger partial charge in [-0.15, -0.1) is 0 Å². The summed E-state index contributed by atoms with van der Waals surface area (Å²) in [5, 5.41) is 5.09. The molecule has 5 rings (SSSR count). The third-order valence-electron chi connectivity index (χ3n) is 7.04. The highest BCUT2D eigenvalue weighted by Crippen LogP contribution is 2.40. The minimum atomic E-state index is -0.0791. The summed E-state index contributed by atoms with van der Waals surface area (Å²) in [6, 6.07) is 4.70. The number of nitrogens with one attached hydrogen (secondary N) is 1. The maximum atomic E-state index is 6.67. The standard InChI is InChI=1S/C24H31Cl2N7/c1-15-13-33(14-15)17-3-7-32(8-4-17)21-10-19-16(9-18(21)25)12-28-23(29-19)30-20(11-27)22(26)31-24(2)5-6-24/h9-12,15,17H,3-8,13-14,27H2,1-2H3,(H,28,29,30)/b20-11+,31-22?. The number of allylic oxidation sites excluding steroid dienone is 1. The lowest BCUT2D eigenvalue weighted by Gasteiger charge is -2.46. The molecular formula is C24H31Cl2N7. The van der Waals surface area contributed by atoms with Gasteiger partial charge < -0.3 is 16.0 Å². The van der Waals surface area contributed by atoms with Crippen molar-refractivity contribution in [1.82, 2.24) is 14.9 Å². The van der Waals surface area contributed by atoms with Gasteiger partial charge in [0, 0.05) is 50.0 Å². The molecule has 176 valence electrons. The van der Waals surface area contributed by atoms with E-state index >= 15 is 0 Å². The summed E-state index contributed by atoms with van der Waals surface area (Å²) in [7, 11) is 0. The van der Waals surface area contributed by atoms with Crippen LogP contribution >= 0.6 is 23.2 Å². The molecular weight excluding hydrogens is 457 g/mol. The molecule has 3 heterocycles. The van der Waals surface area contributed by atoms with Gasteiger partial charge in [0.2, 0.25) is 5.95 Å². The fourth-order valence-corrected chi connectivity index (χ4v) is 5.34. The van der Waals surface area contributed by atoms with Crippen molar-refractivity contribution < 1.29 is 0 Å². The Labute approximate surface area is 205 Å². The molecule has 0 amide bonds. The number of likely N-dealkylation sites (tertiary alicyclic amines) is 1. The number of benzene rings is 1. The number of rotatable bonds is 6. The Bertz CT molecular complexity index is 1100. The molecule has 9 heteroatoms. The number of fused-ring (bicyclic) bond motifs is 1. The Morgan fingerprint density at radius 2 is 2.00 bits per heavy atom. The molecule has 3 aliphatic rings. The van der Waals surface area contributed by atoms with Crippen molar-refractivity contribution in [3.8, 4) is 0 Å². The van der Waals surface area contributed by atoms with Gasteiger partial charge in [0.1, 0.15) is 5.17 Å². The zero-order chi connectivity index (χ0) is 23.2. The number of hydrogen-bond donors (Lipinski definition) is 2. The molecule has 0 bridgehead atoms. The van der Waals surface area contributed by atoms with E-state index in [9.17, 15) is 0 Å². The summed E-state index contributed by atoms with van der Waals surface area (Å²) in [4.78, 5) is 18.7. The summed E-state index contributed by atoms with van der Waals surface area (Å²) >= 11 is 13.1. The van der Waals surface area contributed by atoms with E-state index in [-0.39, 0.29) is 5.54 Å². The van der Waals surface area contributed by atoms with E-state index in [1.807, 2.05) is 6.07 Å². The predicted octanol–water partition coefficient (Wildman–Crippen LogP) is 4.61. The fraction of sp³-hybridized carbons (Fsp3) is 0.542. The van der Waals surface area contributed by atoms with Crippen molar-refractivity contribution in [2.75, 3.05) is 36.4 Å². The van der Waals surface area contributed by atoms with Crippen LogP contribution in [0, 0.1) is 5.92 Å². The van der Waals surface area contributed by atoms with Gasteiger partial charge in [0.25, 0.3) is 0 Å². The van der Waals surface area contributed by atoms with E-state index in [0.717, 1.165) is 53.5 Å². The van der Waals surface area contributed by atoms with E-state index in [2.05, 4.69) is 45.0 Å². The van der Waals surface area contributed by atoms with Crippen molar-refractivity contribution in [2.45, 2.75) is 51.1 Å². The number of aliphatic imine (C=N–C) groups is 1. The monoisotopic (exact) mass is 487 g/mol. The molecule has 2 saturated heterocycles. The lowest BCUT2D eigenvalue weighted by atomic mass is 9.94. The highest BCUT2D eigenvalue weighted by Gasteiger charge is 2.37. The molecule has 3 N–H and O–H groups in total. The predicted molar refractivity (Wildman–Crippen MR) is 137 cm³/mol. The zero-order valence-corrected chi connectivity index (χ0v) is 20.7. The zero-order valence-electron chi connectivity index (χ0n) is 19.2. The van der Waals surface area contributed by atoms with Crippen LogP contribution in [0.1, 0.15) is 39.5 Å². The first-order valence-electron chi connectivity index (χ1n) is 11.7. The van der Waals surface area contributed by atoms with E-state index in [1.165, 1.54) is 32.1 Å². The van der Waals surface area contributed by atoms with Crippen LogP contribution in [0.4, 0.5) is 11.6 Å². The maximum absolute atomic E-state index is 6.67. The second kappa shape index (κ2) is 8.93. The number of anilines is 2. The number of piperidine rings is 1. The first kappa shape index (κ1) is 22.7. The Morgan fingerprint density at radius 3 is 2.64 bits per heavy atom. The number of nitrogens with two attached hydrogens (primary N) is 1. The number of aromatic nitrogens is 2. The van der Waals surface area contributed by atoms with Gasteiger partial charge in [-0.05, 0) is 50.7 Å². The number of hydrogen-bond acceptors (Lipinski definition) is 7. The Balaban J connectivity index is 1.32. The normalized spacial score (nSPS) is 22.5. The first-order valence-corrected chi connectivity index (χ1v) is 12.5. The average molecular weight is 488 g/mol. The minimum absolute atomic E-state index is 0.0791. The molecule has 0 unspecified atom stereocenters. The molecule has 2 aliphatic heterocycles. The van der Waals surface area contributed by atoms with E-state index in [4.69, 9.17) is 33.9 Å². The minimum Gasteiger partial charge on any atom is -0.403 e. The molecule has 0 radical (unpaired) electrons. The van der Waals surface area contributed by atoms with Crippen LogP contribution in [0.2, 0.25) is 5.02 Å². The van der Waals surface area contributed by atoms with Gasteiger partial charge in [0.05, 0.1) is 27.5 Å². The fourth-order valence-electron chi connectivity index (χ4n) is 4.73. The number of halogens is 2. The largest absolute Gasteiger partial charge is 0.403 e. The van der Waals surface area contributed by atoms with Crippen LogP contribution in [0.5, 0.6) is 0 Å². The third kappa shape index (κ3) is 4.91. The topological polar surface area (TPSA) is 82.7 Å². The van der Waals surface area contributed by atoms with Gasteiger partial charge >= 0.3 is 0 Å². The van der Waals surface area contributed by atoms with Gasteiger partial charge in [-0.1, -0.05) is 30.1 Å². The SMILES string of the molecule is CC1CN(C2CCN(c3cc4nc(N/C(=C/N)C(Cl)=NC5(C)CC5)ncc4cc3Cl)CC2)C1. The number of nitrogens with zero attached hydrogens (tertiary/aromatic N) is 5. The highest BCUT2D eigenvalue weighted by atomic mass is 35.5. The molecule has 2 aromatic rings. The van der Waals surface area contributed by atoms with Crippen LogP contribution in [0.3, 0.4) is 0 Å². The Hall–Kier alpha value is -2.09. The van der Waals surface area contributed by atoms with Crippen molar-refractivity contribution in [1.29, 1.82) is 0 Å². The molecule has 1 aromatic heterocycles. The van der Waals surface area contributed by atoms with E-state index in [1.54, 1.807) is 6.20 Å². The molecule has 0 spiro atoms. The average Bonchev–Trinajstić information content (AvgIpc) is 3.51. The smallest absolute Gasteiger partial charge is 0.227 e. The van der Waals surface area contributed by atoms with E-state index < -0.39 is 0 Å². The van der Waals surface area contributed by atoms with Crippen molar-refractivity contribution in [2.24, 2.45) is 16.6 Å². The maximum Gasteiger partial charge on any atom is 0.227 e. The molecule has 33 heavy (non-hydrogen) atoms. The quantitative estimate of drug-likeness (QED) is 0.579. The van der Waals surface area contributed by atoms with Crippen LogP contribution in [0.25, 0.3) is 10.9 Å². The van der Waals surface area contributed by atoms with Crippen LogP contribution in [-0.4, -0.2) is 57.8 Å². The Morgan fingerprint density at radius 1 is 1.27 bits per heavy atom. The van der Waals surface area contributed by atoms with Gasteiger partial charge in [0.15, 0.2) is 0 Å². The molecule has 1 aromatic carbocycles. The second-order valence-electron chi connectivity index (χ2n) is 9.94. The highest BCUT2D eigenvalue weighted by molar-refractivity contribution is 6.69. The van der Waals surface area contributed by atoms with Crippen molar-refractivity contribution in [3.05, 3.63) is 35.2 Å². The Kier molecular flexibility index (Phi) is 6.14. The first-order chi connectivity index (χ1) is 15.8. The molecule has 1 aliphatic carbocycles. The molecule has 1 saturated carbocycles. The van der Waals surface area contributed by atoms with Gasteiger partial charge in [-0.2, -0.15) is 0 Å². The van der Waals surface area contributed by atoms with Crippen LogP contribution in [0.15, 0.2) is 35.2 Å². The van der Waals surface area contributed by atoms with Crippen molar-refractivity contribution in [3.63, 3.8) is 0 Å².